The van der Waals surface area contributed by atoms with Crippen molar-refractivity contribution in [3.8, 4) is 0 Å². The fraction of sp³-hybridized carbons (Fsp3) is 0.900. The highest BCUT2D eigenvalue weighted by molar-refractivity contribution is 8.01. The summed E-state index contributed by atoms with van der Waals surface area (Å²) in [6.45, 7) is 5.30. The van der Waals surface area contributed by atoms with E-state index in [-0.39, 0.29) is 0 Å². The lowest BCUT2D eigenvalue weighted by atomic mass is 10.1. The molecule has 1 saturated heterocycles. The molecule has 1 rings (SSSR count). The Morgan fingerprint density at radius 2 is 2.14 bits per heavy atom. The molecule has 1 aliphatic rings. The van der Waals surface area contributed by atoms with Gasteiger partial charge in [0.25, 0.3) is 0 Å². The summed E-state index contributed by atoms with van der Waals surface area (Å²) < 4.78 is 4.62. The van der Waals surface area contributed by atoms with Gasteiger partial charge in [-0.25, -0.2) is 0 Å². The van der Waals surface area contributed by atoms with E-state index in [1.165, 1.54) is 0 Å². The molecule has 0 aromatic heterocycles. The molecular weight excluding hydrogens is 200 g/mol. The lowest BCUT2D eigenvalue weighted by Crippen LogP contribution is -2.34. The first-order valence-electron chi connectivity index (χ1n) is 5.07. The van der Waals surface area contributed by atoms with Crippen LogP contribution in [0, 0.1) is 0 Å². The number of hydrogen-bond donors (Lipinski definition) is 1. The maximum atomic E-state index is 11.1. The highest BCUT2D eigenvalue weighted by atomic mass is 32.2. The summed E-state index contributed by atoms with van der Waals surface area (Å²) in [5.74, 6) is -0.698. The first-order chi connectivity index (χ1) is 6.58. The van der Waals surface area contributed by atoms with Gasteiger partial charge in [-0.3, -0.25) is 4.79 Å². The molecule has 3 nitrogen and oxygen atoms in total. The molecule has 0 aromatic carbocycles. The minimum atomic E-state index is -0.698. The number of carboxylic acid groups (broad SMARTS) is 1. The zero-order chi connectivity index (χ0) is 10.6. The number of carboxylic acids is 1. The van der Waals surface area contributed by atoms with Crippen LogP contribution < -0.4 is 0 Å². The van der Waals surface area contributed by atoms with Crippen molar-refractivity contribution in [2.24, 2.45) is 0 Å². The number of rotatable bonds is 4. The van der Waals surface area contributed by atoms with Crippen molar-refractivity contribution in [2.45, 2.75) is 43.1 Å². The second-order valence-electron chi connectivity index (χ2n) is 3.82. The van der Waals surface area contributed by atoms with Crippen molar-refractivity contribution >= 4 is 17.7 Å². The molecular formula is C10H18O3S. The summed E-state index contributed by atoms with van der Waals surface area (Å²) >= 11 is 1.60. The van der Waals surface area contributed by atoms with Gasteiger partial charge in [0.05, 0.1) is 0 Å². The van der Waals surface area contributed by atoms with Gasteiger partial charge in [0.15, 0.2) is 0 Å². The van der Waals surface area contributed by atoms with Crippen LogP contribution in [-0.2, 0) is 9.53 Å². The van der Waals surface area contributed by atoms with Gasteiger partial charge in [0.1, 0.15) is 4.75 Å². The van der Waals surface area contributed by atoms with E-state index in [2.05, 4.69) is 0 Å². The third-order valence-electron chi connectivity index (χ3n) is 2.72. The second-order valence-corrected chi connectivity index (χ2v) is 5.62. The lowest BCUT2D eigenvalue weighted by molar-refractivity contribution is -0.139. The van der Waals surface area contributed by atoms with Gasteiger partial charge in [-0.1, -0.05) is 6.92 Å². The first-order valence-corrected chi connectivity index (χ1v) is 5.95. The van der Waals surface area contributed by atoms with Crippen LogP contribution >= 0.6 is 11.8 Å². The van der Waals surface area contributed by atoms with E-state index in [4.69, 9.17) is 9.84 Å². The van der Waals surface area contributed by atoms with E-state index in [9.17, 15) is 4.79 Å². The molecule has 1 heterocycles. The van der Waals surface area contributed by atoms with Gasteiger partial charge in [-0.15, -0.1) is 11.8 Å². The van der Waals surface area contributed by atoms with Crippen molar-refractivity contribution < 1.29 is 14.6 Å². The van der Waals surface area contributed by atoms with Crippen molar-refractivity contribution in [3.63, 3.8) is 0 Å². The van der Waals surface area contributed by atoms with Crippen LogP contribution in [0.3, 0.4) is 0 Å². The Balaban J connectivity index is 2.50. The molecule has 0 aliphatic carbocycles. The highest BCUT2D eigenvalue weighted by Crippen LogP contribution is 2.36. The van der Waals surface area contributed by atoms with Gasteiger partial charge in [0.2, 0.25) is 0 Å². The summed E-state index contributed by atoms with van der Waals surface area (Å²) in [6.07, 6.45) is 2.63. The Labute approximate surface area is 89.2 Å². The molecule has 0 bridgehead atoms. The van der Waals surface area contributed by atoms with Gasteiger partial charge >= 0.3 is 5.97 Å². The van der Waals surface area contributed by atoms with E-state index in [1.54, 1.807) is 11.8 Å². The highest BCUT2D eigenvalue weighted by Gasteiger charge is 2.35. The Kier molecular flexibility index (Phi) is 4.26. The van der Waals surface area contributed by atoms with Crippen LogP contribution in [0.2, 0.25) is 0 Å². The van der Waals surface area contributed by atoms with Crippen molar-refractivity contribution in [1.29, 1.82) is 0 Å². The average Bonchev–Trinajstić information content (AvgIpc) is 2.19. The average molecular weight is 218 g/mol. The van der Waals surface area contributed by atoms with Crippen molar-refractivity contribution in [2.75, 3.05) is 13.2 Å². The van der Waals surface area contributed by atoms with Gasteiger partial charge in [-0.2, -0.15) is 0 Å². The third-order valence-corrected chi connectivity index (χ3v) is 4.51. The summed E-state index contributed by atoms with van der Waals surface area (Å²) in [5, 5.41) is 9.56. The molecule has 1 N–H and O–H groups in total. The quantitative estimate of drug-likeness (QED) is 0.785. The summed E-state index contributed by atoms with van der Waals surface area (Å²) in [4.78, 5) is 11.1. The molecule has 14 heavy (non-hydrogen) atoms. The van der Waals surface area contributed by atoms with Crippen LogP contribution in [-0.4, -0.2) is 34.3 Å². The van der Waals surface area contributed by atoms with E-state index < -0.39 is 10.7 Å². The van der Waals surface area contributed by atoms with Gasteiger partial charge < -0.3 is 9.84 Å². The van der Waals surface area contributed by atoms with Gasteiger partial charge in [0, 0.05) is 18.5 Å². The number of hydrogen-bond acceptors (Lipinski definition) is 3. The number of ether oxygens (including phenoxy) is 1. The maximum absolute atomic E-state index is 11.1. The number of carbonyl (C=O) groups is 1. The summed E-state index contributed by atoms with van der Waals surface area (Å²) in [6, 6.07) is 0. The molecule has 82 valence electrons. The molecule has 0 aromatic rings. The number of thioether (sulfide) groups is 1. The lowest BCUT2D eigenvalue weighted by Gasteiger charge is -2.30. The standard InChI is InChI=1S/C10H18O3S/c1-3-10(2,9(11)12)14-8-4-6-13-7-5-8/h8H,3-7H2,1-2H3,(H,11,12). The summed E-state index contributed by atoms with van der Waals surface area (Å²) in [5.41, 5.74) is 0. The molecule has 1 atom stereocenters. The van der Waals surface area contributed by atoms with Gasteiger partial charge in [-0.05, 0) is 26.2 Å². The Morgan fingerprint density at radius 3 is 2.57 bits per heavy atom. The first kappa shape index (κ1) is 11.9. The molecule has 0 spiro atoms. The minimum Gasteiger partial charge on any atom is -0.480 e. The van der Waals surface area contributed by atoms with Crippen LogP contribution in [0.5, 0.6) is 0 Å². The van der Waals surface area contributed by atoms with Crippen molar-refractivity contribution in [3.05, 3.63) is 0 Å². The van der Waals surface area contributed by atoms with E-state index in [0.29, 0.717) is 11.7 Å². The Bertz CT molecular complexity index is 202. The minimum absolute atomic E-state index is 0.449. The van der Waals surface area contributed by atoms with Crippen molar-refractivity contribution in [1.82, 2.24) is 0 Å². The smallest absolute Gasteiger partial charge is 0.319 e. The van der Waals surface area contributed by atoms with Crippen LogP contribution in [0.25, 0.3) is 0 Å². The summed E-state index contributed by atoms with van der Waals surface area (Å²) in [7, 11) is 0. The maximum Gasteiger partial charge on any atom is 0.319 e. The molecule has 0 radical (unpaired) electrons. The Morgan fingerprint density at radius 1 is 1.57 bits per heavy atom. The van der Waals surface area contributed by atoms with Crippen LogP contribution in [0.1, 0.15) is 33.1 Å². The number of aliphatic carboxylic acids is 1. The molecule has 1 fully saturated rings. The zero-order valence-corrected chi connectivity index (χ0v) is 9.60. The topological polar surface area (TPSA) is 46.5 Å². The molecule has 1 unspecified atom stereocenters. The molecule has 0 saturated carbocycles. The predicted molar refractivity (Wildman–Crippen MR) is 57.8 cm³/mol. The largest absolute Gasteiger partial charge is 0.480 e. The third kappa shape index (κ3) is 2.89. The second kappa shape index (κ2) is 5.03. The van der Waals surface area contributed by atoms with Crippen LogP contribution in [0.15, 0.2) is 0 Å². The monoisotopic (exact) mass is 218 g/mol. The normalized spacial score (nSPS) is 23.0. The SMILES string of the molecule is CCC(C)(SC1CCOCC1)C(=O)O. The molecule has 1 aliphatic heterocycles. The van der Waals surface area contributed by atoms with E-state index >= 15 is 0 Å². The molecule has 4 heteroatoms. The fourth-order valence-corrected chi connectivity index (χ4v) is 2.88. The predicted octanol–water partition coefficient (Wildman–Crippen LogP) is 2.15. The van der Waals surface area contributed by atoms with Crippen LogP contribution in [0.4, 0.5) is 0 Å². The molecule has 0 amide bonds. The Hall–Kier alpha value is -0.220. The van der Waals surface area contributed by atoms with E-state index in [0.717, 1.165) is 26.1 Å². The zero-order valence-electron chi connectivity index (χ0n) is 8.78. The fourth-order valence-electron chi connectivity index (χ4n) is 1.45. The van der Waals surface area contributed by atoms with E-state index in [1.807, 2.05) is 13.8 Å².